The van der Waals surface area contributed by atoms with E-state index in [0.29, 0.717) is 0 Å². The highest BCUT2D eigenvalue weighted by molar-refractivity contribution is 6.21. The van der Waals surface area contributed by atoms with Gasteiger partial charge in [-0.2, -0.15) is 0 Å². The molecule has 0 aliphatic rings. The largest absolute Gasteiger partial charge is 0.507 e. The van der Waals surface area contributed by atoms with Gasteiger partial charge in [-0.05, 0) is 51.9 Å². The molecule has 4 rings (SSSR count). The molecule has 0 radical (unpaired) electrons. The van der Waals surface area contributed by atoms with Gasteiger partial charge in [-0.1, -0.05) is 54.6 Å². The molecule has 0 atom stereocenters. The van der Waals surface area contributed by atoms with Gasteiger partial charge in [0.05, 0.1) is 7.11 Å². The lowest BCUT2D eigenvalue weighted by Gasteiger charge is -2.16. The van der Waals surface area contributed by atoms with Gasteiger partial charge in [0.1, 0.15) is 11.3 Å². The first-order valence-corrected chi connectivity index (χ1v) is 8.43. The Morgan fingerprint density at radius 3 is 2.23 bits per heavy atom. The third-order valence-corrected chi connectivity index (χ3v) is 4.80. The number of hydrogen-bond acceptors (Lipinski definition) is 3. The summed E-state index contributed by atoms with van der Waals surface area (Å²) in [6, 6.07) is 21.8. The Morgan fingerprint density at radius 1 is 0.885 bits per heavy atom. The van der Waals surface area contributed by atoms with Crippen LogP contribution in [0.3, 0.4) is 0 Å². The van der Waals surface area contributed by atoms with Crippen LogP contribution in [0.2, 0.25) is 0 Å². The summed E-state index contributed by atoms with van der Waals surface area (Å²) < 4.78 is 4.93. The summed E-state index contributed by atoms with van der Waals surface area (Å²) in [5.74, 6) is -0.593. The zero-order valence-electron chi connectivity index (χ0n) is 14.6. The number of fused-ring (bicyclic) bond motifs is 3. The number of phenolic OH excluding ortho intramolecular Hbond substituents is 1. The van der Waals surface area contributed by atoms with Crippen molar-refractivity contribution < 1.29 is 14.6 Å². The lowest BCUT2D eigenvalue weighted by atomic mass is 9.89. The number of carbonyl (C=O) groups excluding carboxylic acids is 1. The second-order valence-corrected chi connectivity index (χ2v) is 6.34. The SMILES string of the molecule is COC(=O)c1c(O)cc(C)c2cc(-c3ccccc3)c3ccccc3c12. The predicted octanol–water partition coefficient (Wildman–Crippen LogP) is 5.46. The normalized spacial score (nSPS) is 11.0. The molecule has 0 aromatic heterocycles. The molecule has 4 aromatic carbocycles. The van der Waals surface area contributed by atoms with Gasteiger partial charge in [0.15, 0.2) is 0 Å². The number of phenols is 1. The van der Waals surface area contributed by atoms with Crippen molar-refractivity contribution in [2.75, 3.05) is 7.11 Å². The standard InChI is InChI=1S/C23H18O3/c1-14-12-20(24)22(23(25)26-2)21-17-11-7-6-10-16(17)19(13-18(14)21)15-8-4-3-5-9-15/h3-13,24H,1-2H3. The number of aromatic hydroxyl groups is 1. The number of aryl methyl sites for hydroxylation is 1. The van der Waals surface area contributed by atoms with Gasteiger partial charge in [0.2, 0.25) is 0 Å². The molecule has 0 saturated carbocycles. The molecule has 0 fully saturated rings. The fraction of sp³-hybridized carbons (Fsp3) is 0.0870. The van der Waals surface area contributed by atoms with Crippen molar-refractivity contribution in [1.29, 1.82) is 0 Å². The molecule has 0 spiro atoms. The van der Waals surface area contributed by atoms with Crippen LogP contribution in [0, 0.1) is 6.92 Å². The predicted molar refractivity (Wildman–Crippen MR) is 105 cm³/mol. The van der Waals surface area contributed by atoms with Crippen LogP contribution in [-0.4, -0.2) is 18.2 Å². The first-order valence-electron chi connectivity index (χ1n) is 8.43. The topological polar surface area (TPSA) is 46.5 Å². The third-order valence-electron chi connectivity index (χ3n) is 4.80. The molecule has 0 saturated heterocycles. The molecule has 1 N–H and O–H groups in total. The van der Waals surface area contributed by atoms with Crippen molar-refractivity contribution >= 4 is 27.5 Å². The minimum Gasteiger partial charge on any atom is -0.507 e. The van der Waals surface area contributed by atoms with Crippen LogP contribution >= 0.6 is 0 Å². The third kappa shape index (κ3) is 2.40. The number of rotatable bonds is 2. The Balaban J connectivity index is 2.24. The van der Waals surface area contributed by atoms with Crippen molar-refractivity contribution in [2.45, 2.75) is 6.92 Å². The smallest absolute Gasteiger partial charge is 0.342 e. The number of hydrogen-bond donors (Lipinski definition) is 1. The molecule has 0 aliphatic carbocycles. The second-order valence-electron chi connectivity index (χ2n) is 6.34. The van der Waals surface area contributed by atoms with Crippen LogP contribution in [0.5, 0.6) is 5.75 Å². The van der Waals surface area contributed by atoms with E-state index in [9.17, 15) is 9.90 Å². The number of carbonyl (C=O) groups is 1. The number of methoxy groups -OCH3 is 1. The average molecular weight is 342 g/mol. The minimum absolute atomic E-state index is 0.0561. The highest BCUT2D eigenvalue weighted by atomic mass is 16.5. The molecular formula is C23H18O3. The van der Waals surface area contributed by atoms with E-state index >= 15 is 0 Å². The number of esters is 1. The lowest BCUT2D eigenvalue weighted by molar-refractivity contribution is 0.0600. The second kappa shape index (κ2) is 6.19. The molecule has 128 valence electrons. The Kier molecular flexibility index (Phi) is 3.85. The van der Waals surface area contributed by atoms with Gasteiger partial charge in [-0.3, -0.25) is 0 Å². The number of ether oxygens (including phenoxy) is 1. The van der Waals surface area contributed by atoms with Crippen molar-refractivity contribution in [3.63, 3.8) is 0 Å². The van der Waals surface area contributed by atoms with Crippen molar-refractivity contribution in [1.82, 2.24) is 0 Å². The Morgan fingerprint density at radius 2 is 1.54 bits per heavy atom. The Bertz CT molecular complexity index is 1140. The molecule has 0 bridgehead atoms. The monoisotopic (exact) mass is 342 g/mol. The fourth-order valence-electron chi connectivity index (χ4n) is 3.60. The van der Waals surface area contributed by atoms with Crippen LogP contribution < -0.4 is 0 Å². The van der Waals surface area contributed by atoms with Gasteiger partial charge in [-0.15, -0.1) is 0 Å². The summed E-state index contributed by atoms with van der Waals surface area (Å²) in [6.45, 7) is 1.94. The fourth-order valence-corrected chi connectivity index (χ4v) is 3.60. The van der Waals surface area contributed by atoms with Crippen LogP contribution in [0.4, 0.5) is 0 Å². The van der Waals surface area contributed by atoms with E-state index in [2.05, 4.69) is 18.2 Å². The van der Waals surface area contributed by atoms with E-state index in [4.69, 9.17) is 4.74 Å². The van der Waals surface area contributed by atoms with Gasteiger partial charge in [0.25, 0.3) is 0 Å². The van der Waals surface area contributed by atoms with Crippen LogP contribution in [-0.2, 0) is 4.74 Å². The molecular weight excluding hydrogens is 324 g/mol. The highest BCUT2D eigenvalue weighted by Gasteiger charge is 2.21. The lowest BCUT2D eigenvalue weighted by Crippen LogP contribution is -2.04. The molecule has 0 aliphatic heterocycles. The summed E-state index contributed by atoms with van der Waals surface area (Å²) in [6.07, 6.45) is 0. The van der Waals surface area contributed by atoms with Crippen LogP contribution in [0.1, 0.15) is 15.9 Å². The van der Waals surface area contributed by atoms with E-state index in [1.165, 1.54) is 7.11 Å². The van der Waals surface area contributed by atoms with Crippen molar-refractivity contribution in [2.24, 2.45) is 0 Å². The maximum absolute atomic E-state index is 12.4. The van der Waals surface area contributed by atoms with Crippen LogP contribution in [0.25, 0.3) is 32.7 Å². The van der Waals surface area contributed by atoms with Crippen molar-refractivity contribution in [3.05, 3.63) is 77.9 Å². The molecule has 3 nitrogen and oxygen atoms in total. The molecule has 3 heteroatoms. The molecule has 26 heavy (non-hydrogen) atoms. The average Bonchev–Trinajstić information content (AvgIpc) is 2.68. The van der Waals surface area contributed by atoms with Gasteiger partial charge in [-0.25, -0.2) is 4.79 Å². The zero-order valence-corrected chi connectivity index (χ0v) is 14.6. The van der Waals surface area contributed by atoms with Crippen LogP contribution in [0.15, 0.2) is 66.7 Å². The maximum Gasteiger partial charge on any atom is 0.342 e. The van der Waals surface area contributed by atoms with E-state index < -0.39 is 5.97 Å². The quantitative estimate of drug-likeness (QED) is 0.389. The molecule has 0 amide bonds. The zero-order chi connectivity index (χ0) is 18.3. The maximum atomic E-state index is 12.4. The van der Waals surface area contributed by atoms with Crippen molar-refractivity contribution in [3.8, 4) is 16.9 Å². The summed E-state index contributed by atoms with van der Waals surface area (Å²) in [4.78, 5) is 12.4. The van der Waals surface area contributed by atoms with E-state index in [-0.39, 0.29) is 11.3 Å². The summed E-state index contributed by atoms with van der Waals surface area (Å²) in [7, 11) is 1.33. The number of benzene rings is 4. The van der Waals surface area contributed by atoms with Gasteiger partial charge >= 0.3 is 5.97 Å². The summed E-state index contributed by atoms with van der Waals surface area (Å²) >= 11 is 0. The Hall–Kier alpha value is -3.33. The molecule has 0 unspecified atom stereocenters. The van der Waals surface area contributed by atoms with E-state index in [1.807, 2.05) is 49.4 Å². The minimum atomic E-state index is -0.537. The van der Waals surface area contributed by atoms with E-state index in [0.717, 1.165) is 38.2 Å². The first kappa shape index (κ1) is 16.2. The van der Waals surface area contributed by atoms with Gasteiger partial charge in [0, 0.05) is 5.39 Å². The van der Waals surface area contributed by atoms with Gasteiger partial charge < -0.3 is 9.84 Å². The summed E-state index contributed by atoms with van der Waals surface area (Å²) in [5, 5.41) is 14.0. The molecule has 4 aromatic rings. The molecule has 0 heterocycles. The van der Waals surface area contributed by atoms with E-state index in [1.54, 1.807) is 6.07 Å². The summed E-state index contributed by atoms with van der Waals surface area (Å²) in [5.41, 5.74) is 3.33. The Labute approximate surface area is 151 Å². The highest BCUT2D eigenvalue weighted by Crippen LogP contribution is 2.40. The first-order chi connectivity index (χ1) is 12.6.